The number of carbonyl (C=O) groups excluding carboxylic acids is 1. The first kappa shape index (κ1) is 29.4. The second-order valence-electron chi connectivity index (χ2n) is 7.21. The molecular formula is C15H13F16NO. The van der Waals surface area contributed by atoms with Gasteiger partial charge in [-0.05, 0) is 26.2 Å². The third-order valence-corrected chi connectivity index (χ3v) is 5.00. The number of rotatable bonds is 8. The van der Waals surface area contributed by atoms with Crippen molar-refractivity contribution < 1.29 is 75.0 Å². The number of carbonyl (C=O) groups is 1. The zero-order valence-electron chi connectivity index (χ0n) is 15.9. The third kappa shape index (κ3) is 3.87. The summed E-state index contributed by atoms with van der Waals surface area (Å²) in [5.74, 6) is -59.0. The Morgan fingerprint density at radius 1 is 0.697 bits per heavy atom. The highest BCUT2D eigenvalue weighted by Gasteiger charge is 2.94. The summed E-state index contributed by atoms with van der Waals surface area (Å²) in [6, 6.07) is -1.35. The first-order chi connectivity index (χ1) is 14.4. The first-order valence-corrected chi connectivity index (χ1v) is 8.61. The van der Waals surface area contributed by atoms with E-state index in [9.17, 15) is 75.0 Å². The molecule has 0 aromatic heterocycles. The highest BCUT2D eigenvalue weighted by molar-refractivity contribution is 5.85. The Kier molecular flexibility index (Phi) is 7.33. The van der Waals surface area contributed by atoms with Crippen LogP contribution in [-0.4, -0.2) is 71.3 Å². The predicted molar refractivity (Wildman–Crippen MR) is 75.7 cm³/mol. The summed E-state index contributed by atoms with van der Waals surface area (Å²) in [5, 5.41) is 0. The van der Waals surface area contributed by atoms with Crippen LogP contribution in [0.4, 0.5) is 70.2 Å². The lowest BCUT2D eigenvalue weighted by Crippen LogP contribution is -2.75. The van der Waals surface area contributed by atoms with Crippen molar-refractivity contribution in [2.75, 3.05) is 6.54 Å². The van der Waals surface area contributed by atoms with Gasteiger partial charge in [0.2, 0.25) is 0 Å². The van der Waals surface area contributed by atoms with E-state index in [1.54, 1.807) is 0 Å². The van der Waals surface area contributed by atoms with Gasteiger partial charge in [0, 0.05) is 12.6 Å². The van der Waals surface area contributed by atoms with Crippen LogP contribution >= 0.6 is 0 Å². The second kappa shape index (κ2) is 8.23. The van der Waals surface area contributed by atoms with Crippen LogP contribution in [0.1, 0.15) is 26.2 Å². The molecule has 1 atom stereocenters. The van der Waals surface area contributed by atoms with E-state index in [0.717, 1.165) is 6.92 Å². The molecule has 1 rings (SSSR count). The van der Waals surface area contributed by atoms with Crippen molar-refractivity contribution >= 4 is 5.91 Å². The zero-order chi connectivity index (χ0) is 26.6. The Morgan fingerprint density at radius 3 is 1.48 bits per heavy atom. The molecule has 0 saturated carbocycles. The van der Waals surface area contributed by atoms with Crippen molar-refractivity contribution in [3.63, 3.8) is 0 Å². The summed E-state index contributed by atoms with van der Waals surface area (Å²) in [4.78, 5) is 11.5. The van der Waals surface area contributed by atoms with Gasteiger partial charge in [-0.15, -0.1) is 0 Å². The Hall–Kier alpha value is -1.65. The van der Waals surface area contributed by atoms with Crippen molar-refractivity contribution in [3.05, 3.63) is 0 Å². The van der Waals surface area contributed by atoms with Crippen LogP contribution < -0.4 is 0 Å². The molecule has 196 valence electrons. The Labute approximate surface area is 173 Å². The Bertz CT molecular complexity index is 733. The first-order valence-electron chi connectivity index (χ1n) is 8.61. The predicted octanol–water partition coefficient (Wildman–Crippen LogP) is 6.10. The average Bonchev–Trinajstić information content (AvgIpc) is 2.66. The molecule has 1 saturated heterocycles. The topological polar surface area (TPSA) is 20.3 Å². The molecule has 0 radical (unpaired) electrons. The monoisotopic (exact) mass is 527 g/mol. The van der Waals surface area contributed by atoms with Crippen LogP contribution in [0, 0.1) is 0 Å². The highest BCUT2D eigenvalue weighted by atomic mass is 19.4. The minimum absolute atomic E-state index is 0.155. The smallest absolute Gasteiger partial charge is 0.335 e. The standard InChI is InChI=1S/C15H13F16NO/c1-6-4-2-3-5-32(6)8(33)10(20,21)12(24,25)14(28,29)15(30,31)13(26,27)11(22,23)9(18,19)7(16)17/h6-7H,2-5H2,1H3. The number of nitrogens with zero attached hydrogens (tertiary/aromatic N) is 1. The molecule has 1 fully saturated rings. The van der Waals surface area contributed by atoms with E-state index in [1.807, 2.05) is 0 Å². The zero-order valence-corrected chi connectivity index (χ0v) is 15.9. The lowest BCUT2D eigenvalue weighted by atomic mass is 9.88. The minimum atomic E-state index is -8.50. The molecule has 0 N–H and O–H groups in total. The number of likely N-dealkylation sites (tertiary alicyclic amines) is 1. The molecule has 1 unspecified atom stereocenters. The van der Waals surface area contributed by atoms with E-state index < -0.39 is 66.4 Å². The van der Waals surface area contributed by atoms with Crippen LogP contribution in [0.3, 0.4) is 0 Å². The van der Waals surface area contributed by atoms with Crippen molar-refractivity contribution in [1.82, 2.24) is 4.90 Å². The van der Waals surface area contributed by atoms with Crippen molar-refractivity contribution in [3.8, 4) is 0 Å². The molecule has 1 aliphatic heterocycles. The van der Waals surface area contributed by atoms with E-state index >= 15 is 0 Å². The Morgan fingerprint density at radius 2 is 1.09 bits per heavy atom. The number of alkyl halides is 16. The van der Waals surface area contributed by atoms with E-state index in [1.165, 1.54) is 0 Å². The fourth-order valence-corrected chi connectivity index (χ4v) is 2.85. The van der Waals surface area contributed by atoms with Crippen LogP contribution in [0.25, 0.3) is 0 Å². The number of amides is 1. The van der Waals surface area contributed by atoms with Gasteiger partial charge in [0.05, 0.1) is 0 Å². The molecule has 33 heavy (non-hydrogen) atoms. The van der Waals surface area contributed by atoms with Crippen molar-refractivity contribution in [2.45, 2.75) is 80.1 Å². The summed E-state index contributed by atoms with van der Waals surface area (Å²) in [6.07, 6.45) is -5.99. The van der Waals surface area contributed by atoms with Crippen LogP contribution in [0.2, 0.25) is 0 Å². The fraction of sp³-hybridized carbons (Fsp3) is 0.933. The van der Waals surface area contributed by atoms with Crippen LogP contribution in [0.15, 0.2) is 0 Å². The number of hydrogen-bond donors (Lipinski definition) is 0. The fourth-order valence-electron chi connectivity index (χ4n) is 2.85. The van der Waals surface area contributed by atoms with Crippen molar-refractivity contribution in [1.29, 1.82) is 0 Å². The normalized spacial score (nSPS) is 20.4. The quantitative estimate of drug-likeness (QED) is 0.350. The van der Waals surface area contributed by atoms with Gasteiger partial charge < -0.3 is 4.90 Å². The molecule has 0 spiro atoms. The largest absolute Gasteiger partial charge is 0.392 e. The molecule has 1 aliphatic rings. The lowest BCUT2D eigenvalue weighted by Gasteiger charge is -2.43. The van der Waals surface area contributed by atoms with Gasteiger partial charge in [-0.1, -0.05) is 0 Å². The summed E-state index contributed by atoms with van der Waals surface area (Å²) in [6.45, 7) is 0.154. The van der Waals surface area contributed by atoms with Gasteiger partial charge in [0.1, 0.15) is 0 Å². The van der Waals surface area contributed by atoms with Gasteiger partial charge in [-0.3, -0.25) is 4.79 Å². The van der Waals surface area contributed by atoms with Gasteiger partial charge in [0.15, 0.2) is 0 Å². The molecule has 0 aromatic rings. The maximum atomic E-state index is 14.0. The maximum absolute atomic E-state index is 14.0. The molecule has 0 aromatic carbocycles. The molecular weight excluding hydrogens is 514 g/mol. The van der Waals surface area contributed by atoms with E-state index in [-0.39, 0.29) is 24.2 Å². The summed E-state index contributed by atoms with van der Waals surface area (Å²) >= 11 is 0. The van der Waals surface area contributed by atoms with E-state index in [2.05, 4.69) is 0 Å². The average molecular weight is 527 g/mol. The Balaban J connectivity index is 3.57. The van der Waals surface area contributed by atoms with Crippen molar-refractivity contribution in [2.24, 2.45) is 0 Å². The minimum Gasteiger partial charge on any atom is -0.335 e. The number of hydrogen-bond acceptors (Lipinski definition) is 1. The SMILES string of the molecule is CC1CCCCN1C(=O)C(F)(F)C(F)(F)C(F)(F)C(F)(F)C(F)(F)C(F)(F)C(F)(F)C(F)F. The number of piperidine rings is 1. The van der Waals surface area contributed by atoms with Gasteiger partial charge in [0.25, 0.3) is 5.91 Å². The second-order valence-corrected chi connectivity index (χ2v) is 7.21. The molecule has 18 heteroatoms. The molecule has 2 nitrogen and oxygen atoms in total. The van der Waals surface area contributed by atoms with Gasteiger partial charge in [-0.2, -0.15) is 61.5 Å². The van der Waals surface area contributed by atoms with Crippen LogP contribution in [0.5, 0.6) is 0 Å². The molecule has 0 aliphatic carbocycles. The van der Waals surface area contributed by atoms with Crippen LogP contribution in [-0.2, 0) is 4.79 Å². The van der Waals surface area contributed by atoms with Gasteiger partial charge >= 0.3 is 47.9 Å². The molecule has 1 heterocycles. The maximum Gasteiger partial charge on any atom is 0.392 e. The summed E-state index contributed by atoms with van der Waals surface area (Å²) < 4.78 is 213. The summed E-state index contributed by atoms with van der Waals surface area (Å²) in [7, 11) is 0. The third-order valence-electron chi connectivity index (χ3n) is 5.00. The molecule has 0 bridgehead atoms. The molecule has 1 amide bonds. The van der Waals surface area contributed by atoms with E-state index in [0.29, 0.717) is 0 Å². The van der Waals surface area contributed by atoms with E-state index in [4.69, 9.17) is 0 Å². The lowest BCUT2D eigenvalue weighted by molar-refractivity contribution is -0.444. The number of halogens is 16. The highest BCUT2D eigenvalue weighted by Crippen LogP contribution is 2.62. The summed E-state index contributed by atoms with van der Waals surface area (Å²) in [5.41, 5.74) is 0. The van der Waals surface area contributed by atoms with Gasteiger partial charge in [-0.25, -0.2) is 8.78 Å².